The zero-order valence-corrected chi connectivity index (χ0v) is 10.3. The number of methoxy groups -OCH3 is 1. The Morgan fingerprint density at radius 1 is 1.29 bits per heavy atom. The summed E-state index contributed by atoms with van der Waals surface area (Å²) in [4.78, 5) is 2.38. The quantitative estimate of drug-likeness (QED) is 0.601. The van der Waals surface area contributed by atoms with Crippen LogP contribution >= 0.6 is 0 Å². The van der Waals surface area contributed by atoms with Crippen molar-refractivity contribution in [3.63, 3.8) is 0 Å². The van der Waals surface area contributed by atoms with Gasteiger partial charge in [-0.1, -0.05) is 0 Å². The van der Waals surface area contributed by atoms with E-state index in [1.165, 1.54) is 0 Å². The second kappa shape index (κ2) is 8.21. The number of ether oxygens (including phenoxy) is 1. The van der Waals surface area contributed by atoms with Gasteiger partial charge in [0.2, 0.25) is 0 Å². The maximum Gasteiger partial charge on any atom is 0.0474 e. The molecule has 0 bridgehead atoms. The molecule has 1 unspecified atom stereocenters. The maximum atomic E-state index is 4.98. The van der Waals surface area contributed by atoms with Crippen LogP contribution in [0.3, 0.4) is 0 Å². The third kappa shape index (κ3) is 6.35. The average molecular weight is 202 g/mol. The van der Waals surface area contributed by atoms with Gasteiger partial charge in [-0.2, -0.15) is 0 Å². The fourth-order valence-electron chi connectivity index (χ4n) is 1.31. The third-order valence-electron chi connectivity index (χ3n) is 2.65. The normalized spacial score (nSPS) is 13.9. The van der Waals surface area contributed by atoms with Crippen LogP contribution in [0.1, 0.15) is 27.2 Å². The number of nitrogens with zero attached hydrogens (tertiary/aromatic N) is 1. The Morgan fingerprint density at radius 2 is 1.93 bits per heavy atom. The Hall–Kier alpha value is -0.120. The Morgan fingerprint density at radius 3 is 2.43 bits per heavy atom. The average Bonchev–Trinajstić information content (AvgIpc) is 2.16. The van der Waals surface area contributed by atoms with Crippen molar-refractivity contribution in [1.82, 2.24) is 10.2 Å². The van der Waals surface area contributed by atoms with Gasteiger partial charge in [-0.3, -0.25) is 0 Å². The van der Waals surface area contributed by atoms with Gasteiger partial charge in [-0.25, -0.2) is 0 Å². The topological polar surface area (TPSA) is 24.5 Å². The van der Waals surface area contributed by atoms with E-state index in [2.05, 4.69) is 38.0 Å². The number of nitrogens with one attached hydrogen (secondary N) is 1. The van der Waals surface area contributed by atoms with Crippen LogP contribution in [0.4, 0.5) is 0 Å². The summed E-state index contributed by atoms with van der Waals surface area (Å²) in [5, 5.41) is 3.43. The zero-order chi connectivity index (χ0) is 11.0. The van der Waals surface area contributed by atoms with Crippen LogP contribution in [-0.2, 0) is 4.74 Å². The van der Waals surface area contributed by atoms with Crippen LogP contribution in [0.2, 0.25) is 0 Å². The van der Waals surface area contributed by atoms with Crippen molar-refractivity contribution in [2.24, 2.45) is 0 Å². The first-order valence-electron chi connectivity index (χ1n) is 5.51. The summed E-state index contributed by atoms with van der Waals surface area (Å²) in [5.41, 5.74) is 0. The molecule has 0 radical (unpaired) electrons. The second-order valence-electron chi connectivity index (χ2n) is 4.16. The molecule has 86 valence electrons. The standard InChI is InChI=1S/C11H26N2O/c1-10(2)13(4)11(3)9-12-7-6-8-14-5/h10-12H,6-9H2,1-5H3. The largest absolute Gasteiger partial charge is 0.385 e. The van der Waals surface area contributed by atoms with Gasteiger partial charge in [0, 0.05) is 32.3 Å². The predicted octanol–water partition coefficient (Wildman–Crippen LogP) is 1.34. The molecule has 1 N–H and O–H groups in total. The molecule has 0 aromatic carbocycles. The van der Waals surface area contributed by atoms with Crippen LogP contribution in [-0.4, -0.2) is 50.8 Å². The lowest BCUT2D eigenvalue weighted by atomic mass is 10.2. The minimum absolute atomic E-state index is 0.595. The Kier molecular flexibility index (Phi) is 8.14. The molecule has 0 spiro atoms. The van der Waals surface area contributed by atoms with Crippen LogP contribution in [0.15, 0.2) is 0 Å². The van der Waals surface area contributed by atoms with Crippen molar-refractivity contribution in [3.8, 4) is 0 Å². The molecule has 0 aliphatic rings. The van der Waals surface area contributed by atoms with Gasteiger partial charge in [0.1, 0.15) is 0 Å². The zero-order valence-electron chi connectivity index (χ0n) is 10.3. The summed E-state index contributed by atoms with van der Waals surface area (Å²) in [6.07, 6.45) is 1.09. The summed E-state index contributed by atoms with van der Waals surface area (Å²) < 4.78 is 4.98. The monoisotopic (exact) mass is 202 g/mol. The Bertz CT molecular complexity index is 128. The molecule has 0 aromatic heterocycles. The maximum absolute atomic E-state index is 4.98. The molecule has 0 aromatic rings. The number of likely N-dealkylation sites (N-methyl/N-ethyl adjacent to an activating group) is 1. The molecule has 0 amide bonds. The smallest absolute Gasteiger partial charge is 0.0474 e. The van der Waals surface area contributed by atoms with Crippen molar-refractivity contribution < 1.29 is 4.74 Å². The van der Waals surface area contributed by atoms with Gasteiger partial charge in [-0.05, 0) is 40.8 Å². The van der Waals surface area contributed by atoms with E-state index < -0.39 is 0 Å². The van der Waals surface area contributed by atoms with E-state index in [0.717, 1.165) is 26.1 Å². The molecule has 0 rings (SSSR count). The Balaban J connectivity index is 3.39. The Labute approximate surface area is 88.8 Å². The summed E-state index contributed by atoms with van der Waals surface area (Å²) >= 11 is 0. The number of rotatable bonds is 8. The molecule has 14 heavy (non-hydrogen) atoms. The summed E-state index contributed by atoms with van der Waals surface area (Å²) in [6, 6.07) is 1.21. The van der Waals surface area contributed by atoms with E-state index in [1.807, 2.05) is 0 Å². The molecule has 0 aliphatic heterocycles. The predicted molar refractivity (Wildman–Crippen MR) is 61.7 cm³/mol. The highest BCUT2D eigenvalue weighted by molar-refractivity contribution is 4.68. The van der Waals surface area contributed by atoms with Gasteiger partial charge in [0.15, 0.2) is 0 Å². The van der Waals surface area contributed by atoms with Crippen molar-refractivity contribution in [2.75, 3.05) is 33.9 Å². The van der Waals surface area contributed by atoms with Crippen LogP contribution < -0.4 is 5.32 Å². The van der Waals surface area contributed by atoms with E-state index in [9.17, 15) is 0 Å². The molecule has 3 heteroatoms. The van der Waals surface area contributed by atoms with Crippen molar-refractivity contribution in [1.29, 1.82) is 0 Å². The highest BCUT2D eigenvalue weighted by atomic mass is 16.5. The molecule has 0 aliphatic carbocycles. The molecule has 0 fully saturated rings. The van der Waals surface area contributed by atoms with Crippen LogP contribution in [0, 0.1) is 0 Å². The first kappa shape index (κ1) is 13.9. The fraction of sp³-hybridized carbons (Fsp3) is 1.00. The van der Waals surface area contributed by atoms with Gasteiger partial charge < -0.3 is 15.0 Å². The number of hydrogen-bond donors (Lipinski definition) is 1. The van der Waals surface area contributed by atoms with Gasteiger partial charge in [0.05, 0.1) is 0 Å². The molecule has 0 heterocycles. The molecule has 1 atom stereocenters. The lowest BCUT2D eigenvalue weighted by Crippen LogP contribution is -2.41. The van der Waals surface area contributed by atoms with Crippen molar-refractivity contribution in [3.05, 3.63) is 0 Å². The summed E-state index contributed by atoms with van der Waals surface area (Å²) in [7, 11) is 3.92. The minimum atomic E-state index is 0.595. The van der Waals surface area contributed by atoms with Gasteiger partial charge in [0.25, 0.3) is 0 Å². The molecular formula is C11H26N2O. The van der Waals surface area contributed by atoms with Gasteiger partial charge in [-0.15, -0.1) is 0 Å². The molecule has 3 nitrogen and oxygen atoms in total. The number of hydrogen-bond acceptors (Lipinski definition) is 3. The highest BCUT2D eigenvalue weighted by Crippen LogP contribution is 1.99. The highest BCUT2D eigenvalue weighted by Gasteiger charge is 2.10. The molecular weight excluding hydrogens is 176 g/mol. The minimum Gasteiger partial charge on any atom is -0.385 e. The fourth-order valence-corrected chi connectivity index (χ4v) is 1.31. The van der Waals surface area contributed by atoms with Crippen LogP contribution in [0.25, 0.3) is 0 Å². The second-order valence-corrected chi connectivity index (χ2v) is 4.16. The van der Waals surface area contributed by atoms with E-state index in [1.54, 1.807) is 7.11 Å². The van der Waals surface area contributed by atoms with Gasteiger partial charge >= 0.3 is 0 Å². The van der Waals surface area contributed by atoms with E-state index in [-0.39, 0.29) is 0 Å². The first-order chi connectivity index (χ1) is 6.59. The van der Waals surface area contributed by atoms with E-state index in [4.69, 9.17) is 4.74 Å². The molecule has 0 saturated carbocycles. The lowest BCUT2D eigenvalue weighted by Gasteiger charge is -2.28. The summed E-state index contributed by atoms with van der Waals surface area (Å²) in [6.45, 7) is 9.65. The van der Waals surface area contributed by atoms with E-state index >= 15 is 0 Å². The lowest BCUT2D eigenvalue weighted by molar-refractivity contribution is 0.186. The summed E-state index contributed by atoms with van der Waals surface area (Å²) in [5.74, 6) is 0. The van der Waals surface area contributed by atoms with Crippen molar-refractivity contribution >= 4 is 0 Å². The van der Waals surface area contributed by atoms with E-state index in [0.29, 0.717) is 12.1 Å². The SMILES string of the molecule is COCCCNCC(C)N(C)C(C)C. The van der Waals surface area contributed by atoms with Crippen LogP contribution in [0.5, 0.6) is 0 Å². The first-order valence-corrected chi connectivity index (χ1v) is 5.51. The molecule has 0 saturated heterocycles. The van der Waals surface area contributed by atoms with Crippen molar-refractivity contribution in [2.45, 2.75) is 39.3 Å². The third-order valence-corrected chi connectivity index (χ3v) is 2.65.